The Kier molecular flexibility index (Phi) is 11.7. The van der Waals surface area contributed by atoms with Crippen LogP contribution < -0.4 is 0 Å². The third-order valence-corrected chi connectivity index (χ3v) is 3.10. The molecule has 1 radical (unpaired) electrons. The van der Waals surface area contributed by atoms with E-state index >= 15 is 0 Å². The van der Waals surface area contributed by atoms with E-state index < -0.39 is 0 Å². The van der Waals surface area contributed by atoms with Gasteiger partial charge in [0.15, 0.2) is 0 Å². The Morgan fingerprint density at radius 2 is 0.560 bits per heavy atom. The van der Waals surface area contributed by atoms with E-state index in [0.717, 1.165) is 0 Å². The largest absolute Gasteiger partial charge is 0.508 e. The van der Waals surface area contributed by atoms with E-state index in [1.807, 2.05) is 57.2 Å². The Labute approximate surface area is 177 Å². The molecule has 3 N–H and O–H groups in total. The van der Waals surface area contributed by atoms with E-state index in [-0.39, 0.29) is 35.6 Å². The third-order valence-electron chi connectivity index (χ3n) is 3.10. The summed E-state index contributed by atoms with van der Waals surface area (Å²) in [4.78, 5) is 0. The van der Waals surface area contributed by atoms with Crippen LogP contribution in [0.3, 0.4) is 0 Å². The minimum absolute atomic E-state index is 0. The van der Waals surface area contributed by atoms with Crippen molar-refractivity contribution in [2.75, 3.05) is 0 Å². The molecule has 0 bridgehead atoms. The quantitative estimate of drug-likeness (QED) is 0.435. The van der Waals surface area contributed by atoms with Gasteiger partial charge in [0.1, 0.15) is 17.2 Å². The van der Waals surface area contributed by atoms with Crippen molar-refractivity contribution in [3.05, 3.63) is 89.5 Å². The maximum absolute atomic E-state index is 8.76. The van der Waals surface area contributed by atoms with Gasteiger partial charge in [0.2, 0.25) is 0 Å². The maximum Gasteiger partial charge on any atom is 0.115 e. The molecule has 0 saturated carbocycles. The standard InChI is InChI=1S/3C7H8O.La/c3*1-6-2-4-7(8)5-3-6;/h3*2-5,8H,1H3;. The Bertz CT molecular complexity index is 539. The molecule has 3 rings (SSSR count). The first-order chi connectivity index (χ1) is 11.4. The summed E-state index contributed by atoms with van der Waals surface area (Å²) in [6.45, 7) is 5.96. The molecule has 0 saturated heterocycles. The molecule has 4 heteroatoms. The monoisotopic (exact) mass is 463 g/mol. The SMILES string of the molecule is Cc1ccc(O)cc1.Cc1ccc(O)cc1.Cc1ccc(O)cc1.[La]. The van der Waals surface area contributed by atoms with Crippen molar-refractivity contribution < 1.29 is 50.9 Å². The molecule has 0 aliphatic rings. The first-order valence-electron chi connectivity index (χ1n) is 7.63. The molecule has 0 heterocycles. The number of phenolic OH excluding ortho intramolecular Hbond substituents is 3. The van der Waals surface area contributed by atoms with E-state index in [0.29, 0.717) is 17.2 Å². The molecule has 0 aromatic heterocycles. The normalized spacial score (nSPS) is 8.76. The van der Waals surface area contributed by atoms with Crippen LogP contribution in [0.1, 0.15) is 16.7 Å². The van der Waals surface area contributed by atoms with Gasteiger partial charge >= 0.3 is 0 Å². The average Bonchev–Trinajstić information content (AvgIpc) is 2.57. The number of hydrogen-bond acceptors (Lipinski definition) is 3. The summed E-state index contributed by atoms with van der Waals surface area (Å²) >= 11 is 0. The van der Waals surface area contributed by atoms with E-state index in [4.69, 9.17) is 15.3 Å². The van der Waals surface area contributed by atoms with Crippen LogP contribution in [0, 0.1) is 56.4 Å². The van der Waals surface area contributed by atoms with Crippen molar-refractivity contribution in [1.29, 1.82) is 0 Å². The summed E-state index contributed by atoms with van der Waals surface area (Å²) in [5, 5.41) is 26.3. The van der Waals surface area contributed by atoms with Crippen molar-refractivity contribution in [2.45, 2.75) is 20.8 Å². The van der Waals surface area contributed by atoms with Crippen LogP contribution in [0.25, 0.3) is 0 Å². The predicted octanol–water partition coefficient (Wildman–Crippen LogP) is 5.10. The second-order valence-corrected chi connectivity index (χ2v) is 5.51. The van der Waals surface area contributed by atoms with Gasteiger partial charge in [0.05, 0.1) is 0 Å². The summed E-state index contributed by atoms with van der Waals surface area (Å²) < 4.78 is 0. The Hall–Kier alpha value is -1.75. The minimum Gasteiger partial charge on any atom is -0.508 e. The van der Waals surface area contributed by atoms with Crippen LogP contribution >= 0.6 is 0 Å². The molecule has 3 aromatic carbocycles. The molecular formula is C21H24LaO3. The minimum atomic E-state index is 0. The van der Waals surface area contributed by atoms with Crippen LogP contribution in [0.15, 0.2) is 72.8 Å². The molecule has 0 unspecified atom stereocenters. The Morgan fingerprint density at radius 3 is 0.680 bits per heavy atom. The van der Waals surface area contributed by atoms with Crippen LogP contribution in [-0.2, 0) is 0 Å². The fourth-order valence-electron chi connectivity index (χ4n) is 1.63. The molecule has 0 amide bonds. The van der Waals surface area contributed by atoms with Gasteiger partial charge in [-0.2, -0.15) is 0 Å². The smallest absolute Gasteiger partial charge is 0.115 e. The molecule has 0 spiro atoms. The molecule has 3 nitrogen and oxygen atoms in total. The Morgan fingerprint density at radius 1 is 0.400 bits per heavy atom. The van der Waals surface area contributed by atoms with Gasteiger partial charge in [0.25, 0.3) is 0 Å². The van der Waals surface area contributed by atoms with Crippen LogP contribution in [0.2, 0.25) is 0 Å². The molecule has 0 aliphatic carbocycles. The number of phenols is 3. The fraction of sp³-hybridized carbons (Fsp3) is 0.143. The fourth-order valence-corrected chi connectivity index (χ4v) is 1.63. The molecule has 129 valence electrons. The molecular weight excluding hydrogens is 439 g/mol. The van der Waals surface area contributed by atoms with Crippen molar-refractivity contribution in [1.82, 2.24) is 0 Å². The number of hydrogen-bond donors (Lipinski definition) is 3. The van der Waals surface area contributed by atoms with Gasteiger partial charge < -0.3 is 15.3 Å². The van der Waals surface area contributed by atoms with Crippen molar-refractivity contribution in [2.24, 2.45) is 0 Å². The van der Waals surface area contributed by atoms with Gasteiger partial charge in [-0.3, -0.25) is 0 Å². The predicted molar refractivity (Wildman–Crippen MR) is 98.5 cm³/mol. The van der Waals surface area contributed by atoms with Crippen LogP contribution in [-0.4, -0.2) is 15.3 Å². The number of benzene rings is 3. The van der Waals surface area contributed by atoms with Gasteiger partial charge in [-0.15, -0.1) is 0 Å². The van der Waals surface area contributed by atoms with Crippen LogP contribution in [0.4, 0.5) is 0 Å². The summed E-state index contributed by atoms with van der Waals surface area (Å²) in [6.07, 6.45) is 0. The van der Waals surface area contributed by atoms with Gasteiger partial charge in [0, 0.05) is 35.6 Å². The Balaban J connectivity index is 0.000000339. The van der Waals surface area contributed by atoms with Crippen molar-refractivity contribution >= 4 is 0 Å². The summed E-state index contributed by atoms with van der Waals surface area (Å²) in [5.41, 5.74) is 3.51. The summed E-state index contributed by atoms with van der Waals surface area (Å²) in [5.74, 6) is 0.988. The topological polar surface area (TPSA) is 60.7 Å². The zero-order chi connectivity index (χ0) is 17.9. The second kappa shape index (κ2) is 12.6. The van der Waals surface area contributed by atoms with E-state index in [1.54, 1.807) is 36.4 Å². The molecule has 3 aromatic rings. The zero-order valence-electron chi connectivity index (χ0n) is 14.8. The summed E-state index contributed by atoms with van der Waals surface area (Å²) in [6, 6.07) is 21.3. The van der Waals surface area contributed by atoms with Gasteiger partial charge in [-0.1, -0.05) is 53.1 Å². The summed E-state index contributed by atoms with van der Waals surface area (Å²) in [7, 11) is 0. The molecule has 25 heavy (non-hydrogen) atoms. The van der Waals surface area contributed by atoms with Crippen molar-refractivity contribution in [3.63, 3.8) is 0 Å². The third kappa shape index (κ3) is 11.4. The second-order valence-electron chi connectivity index (χ2n) is 5.51. The van der Waals surface area contributed by atoms with Crippen LogP contribution in [0.5, 0.6) is 17.2 Å². The number of aryl methyl sites for hydroxylation is 3. The number of rotatable bonds is 0. The molecule has 0 atom stereocenters. The molecule has 0 fully saturated rings. The van der Waals surface area contributed by atoms with E-state index in [2.05, 4.69) is 0 Å². The molecule has 0 aliphatic heterocycles. The number of aromatic hydroxyl groups is 3. The van der Waals surface area contributed by atoms with Crippen molar-refractivity contribution in [3.8, 4) is 17.2 Å². The first kappa shape index (κ1) is 23.3. The van der Waals surface area contributed by atoms with E-state index in [1.165, 1.54) is 16.7 Å². The van der Waals surface area contributed by atoms with Gasteiger partial charge in [-0.05, 0) is 57.2 Å². The average molecular weight is 463 g/mol. The van der Waals surface area contributed by atoms with E-state index in [9.17, 15) is 0 Å². The first-order valence-corrected chi connectivity index (χ1v) is 7.63. The van der Waals surface area contributed by atoms with Gasteiger partial charge in [-0.25, -0.2) is 0 Å². The maximum atomic E-state index is 8.76. The zero-order valence-corrected chi connectivity index (χ0v) is 18.5.